The van der Waals surface area contributed by atoms with E-state index in [-0.39, 0.29) is 11.5 Å². The van der Waals surface area contributed by atoms with E-state index in [1.54, 1.807) is 7.11 Å². The van der Waals surface area contributed by atoms with Gasteiger partial charge in [0, 0.05) is 18.0 Å². The summed E-state index contributed by atoms with van der Waals surface area (Å²) < 4.78 is 5.42. The molecule has 1 unspecified atom stereocenters. The number of carbonyl (C=O) groups is 1. The Morgan fingerprint density at radius 2 is 2.15 bits per heavy atom. The topological polar surface area (TPSA) is 29.5 Å². The molecule has 0 radical (unpaired) electrons. The molecule has 1 fully saturated rings. The standard InChI is InChI=1S/C17H23NO2/c1-13-9-10-18(12-19)16(17(13,2)3)11-14-7-5-6-8-15(14)20-4/h5-8,12,16H,1,9-11H2,2-4H3. The fraction of sp³-hybridized carbons (Fsp3) is 0.471. The normalized spacial score (nSPS) is 21.6. The van der Waals surface area contributed by atoms with E-state index >= 15 is 0 Å². The van der Waals surface area contributed by atoms with Crippen molar-refractivity contribution in [2.24, 2.45) is 5.41 Å². The number of hydrogen-bond acceptors (Lipinski definition) is 2. The van der Waals surface area contributed by atoms with Gasteiger partial charge in [-0.25, -0.2) is 0 Å². The van der Waals surface area contributed by atoms with Gasteiger partial charge in [-0.2, -0.15) is 0 Å². The molecule has 3 heteroatoms. The zero-order valence-corrected chi connectivity index (χ0v) is 12.6. The van der Waals surface area contributed by atoms with Gasteiger partial charge in [-0.1, -0.05) is 44.2 Å². The van der Waals surface area contributed by atoms with Crippen molar-refractivity contribution >= 4 is 6.41 Å². The highest BCUT2D eigenvalue weighted by molar-refractivity contribution is 5.50. The summed E-state index contributed by atoms with van der Waals surface area (Å²) in [6.07, 6.45) is 2.64. The molecule has 1 aromatic carbocycles. The van der Waals surface area contributed by atoms with Crippen LogP contribution in [0.2, 0.25) is 0 Å². The second-order valence-electron chi connectivity index (χ2n) is 5.95. The summed E-state index contributed by atoms with van der Waals surface area (Å²) in [6, 6.07) is 8.12. The van der Waals surface area contributed by atoms with Crippen LogP contribution in [0.15, 0.2) is 36.4 Å². The van der Waals surface area contributed by atoms with Crippen molar-refractivity contribution in [3.05, 3.63) is 42.0 Å². The Balaban J connectivity index is 2.32. The van der Waals surface area contributed by atoms with E-state index in [4.69, 9.17) is 4.74 Å². The van der Waals surface area contributed by atoms with Crippen molar-refractivity contribution in [1.29, 1.82) is 0 Å². The summed E-state index contributed by atoms with van der Waals surface area (Å²) in [5.41, 5.74) is 2.27. The quantitative estimate of drug-likeness (QED) is 0.623. The second-order valence-corrected chi connectivity index (χ2v) is 5.95. The van der Waals surface area contributed by atoms with Gasteiger partial charge < -0.3 is 9.64 Å². The van der Waals surface area contributed by atoms with Crippen LogP contribution < -0.4 is 4.74 Å². The summed E-state index contributed by atoms with van der Waals surface area (Å²) in [5, 5.41) is 0. The molecular weight excluding hydrogens is 250 g/mol. The van der Waals surface area contributed by atoms with E-state index in [0.29, 0.717) is 0 Å². The number of methoxy groups -OCH3 is 1. The molecule has 0 bridgehead atoms. The van der Waals surface area contributed by atoms with Gasteiger partial charge in [0.1, 0.15) is 5.75 Å². The fourth-order valence-electron chi connectivity index (χ4n) is 2.97. The predicted octanol–water partition coefficient (Wildman–Crippen LogP) is 3.05. The van der Waals surface area contributed by atoms with Crippen molar-refractivity contribution in [2.45, 2.75) is 32.7 Å². The maximum absolute atomic E-state index is 11.4. The Morgan fingerprint density at radius 3 is 2.80 bits per heavy atom. The molecule has 20 heavy (non-hydrogen) atoms. The molecule has 2 rings (SSSR count). The monoisotopic (exact) mass is 273 g/mol. The summed E-state index contributed by atoms with van der Waals surface area (Å²) in [4.78, 5) is 13.3. The summed E-state index contributed by atoms with van der Waals surface area (Å²) in [6.45, 7) is 9.30. The fourth-order valence-corrected chi connectivity index (χ4v) is 2.97. The average Bonchev–Trinajstić information content (AvgIpc) is 2.45. The third kappa shape index (κ3) is 2.58. The van der Waals surface area contributed by atoms with Crippen molar-refractivity contribution < 1.29 is 9.53 Å². The molecule has 1 heterocycles. The Kier molecular flexibility index (Phi) is 4.17. The molecule has 0 N–H and O–H groups in total. The van der Waals surface area contributed by atoms with Crippen LogP contribution in [0.4, 0.5) is 0 Å². The molecule has 0 spiro atoms. The molecule has 1 amide bonds. The number of para-hydroxylation sites is 1. The van der Waals surface area contributed by atoms with Crippen LogP contribution >= 0.6 is 0 Å². The first-order valence-electron chi connectivity index (χ1n) is 7.02. The second kappa shape index (κ2) is 5.70. The summed E-state index contributed by atoms with van der Waals surface area (Å²) in [5.74, 6) is 0.880. The van der Waals surface area contributed by atoms with Crippen LogP contribution in [0, 0.1) is 5.41 Å². The number of benzene rings is 1. The largest absolute Gasteiger partial charge is 0.496 e. The average molecular weight is 273 g/mol. The zero-order chi connectivity index (χ0) is 14.8. The lowest BCUT2D eigenvalue weighted by atomic mass is 9.71. The molecule has 1 atom stereocenters. The Hall–Kier alpha value is -1.77. The smallest absolute Gasteiger partial charge is 0.210 e. The van der Waals surface area contributed by atoms with Crippen LogP contribution in [0.25, 0.3) is 0 Å². The highest BCUT2D eigenvalue weighted by Crippen LogP contribution is 2.40. The number of nitrogens with zero attached hydrogens (tertiary/aromatic N) is 1. The maximum atomic E-state index is 11.4. The van der Waals surface area contributed by atoms with E-state index in [0.717, 1.165) is 37.1 Å². The first kappa shape index (κ1) is 14.6. The molecule has 0 aliphatic carbocycles. The number of likely N-dealkylation sites (tertiary alicyclic amines) is 1. The zero-order valence-electron chi connectivity index (χ0n) is 12.6. The van der Waals surface area contributed by atoms with E-state index in [9.17, 15) is 4.79 Å². The van der Waals surface area contributed by atoms with Gasteiger partial charge >= 0.3 is 0 Å². The van der Waals surface area contributed by atoms with E-state index in [1.807, 2.05) is 23.1 Å². The van der Waals surface area contributed by atoms with E-state index in [1.165, 1.54) is 5.57 Å². The van der Waals surface area contributed by atoms with Crippen molar-refractivity contribution in [1.82, 2.24) is 4.90 Å². The molecule has 1 aliphatic heterocycles. The summed E-state index contributed by atoms with van der Waals surface area (Å²) in [7, 11) is 1.68. The minimum Gasteiger partial charge on any atom is -0.496 e. The molecule has 0 saturated carbocycles. The number of ether oxygens (including phenoxy) is 1. The van der Waals surface area contributed by atoms with Crippen molar-refractivity contribution in [3.63, 3.8) is 0 Å². The van der Waals surface area contributed by atoms with Gasteiger partial charge in [0.2, 0.25) is 6.41 Å². The van der Waals surface area contributed by atoms with Gasteiger partial charge in [-0.3, -0.25) is 4.79 Å². The Morgan fingerprint density at radius 1 is 1.45 bits per heavy atom. The lowest BCUT2D eigenvalue weighted by molar-refractivity contribution is -0.123. The van der Waals surface area contributed by atoms with Gasteiger partial charge in [0.25, 0.3) is 0 Å². The maximum Gasteiger partial charge on any atom is 0.210 e. The summed E-state index contributed by atoms with van der Waals surface area (Å²) >= 11 is 0. The van der Waals surface area contributed by atoms with Crippen LogP contribution in [0.3, 0.4) is 0 Å². The molecule has 0 aromatic heterocycles. The number of piperidine rings is 1. The molecular formula is C17H23NO2. The Bertz CT molecular complexity index is 507. The van der Waals surface area contributed by atoms with Gasteiger partial charge in [0.05, 0.1) is 7.11 Å². The molecule has 108 valence electrons. The van der Waals surface area contributed by atoms with Crippen LogP contribution in [0.5, 0.6) is 5.75 Å². The first-order valence-corrected chi connectivity index (χ1v) is 7.02. The van der Waals surface area contributed by atoms with Crippen LogP contribution in [-0.2, 0) is 11.2 Å². The number of amides is 1. The molecule has 1 saturated heterocycles. The lowest BCUT2D eigenvalue weighted by Crippen LogP contribution is -2.51. The van der Waals surface area contributed by atoms with Gasteiger partial charge in [0.15, 0.2) is 0 Å². The van der Waals surface area contributed by atoms with Gasteiger partial charge in [-0.15, -0.1) is 0 Å². The highest BCUT2D eigenvalue weighted by Gasteiger charge is 2.39. The van der Waals surface area contributed by atoms with Crippen molar-refractivity contribution in [3.8, 4) is 5.75 Å². The minimum absolute atomic E-state index is 0.0833. The predicted molar refractivity (Wildman–Crippen MR) is 80.8 cm³/mol. The van der Waals surface area contributed by atoms with Crippen LogP contribution in [0.1, 0.15) is 25.8 Å². The third-order valence-corrected chi connectivity index (χ3v) is 4.56. The lowest BCUT2D eigenvalue weighted by Gasteiger charge is -2.46. The third-order valence-electron chi connectivity index (χ3n) is 4.56. The first-order chi connectivity index (χ1) is 9.50. The van der Waals surface area contributed by atoms with Crippen LogP contribution in [-0.4, -0.2) is 31.0 Å². The Labute approximate surface area is 121 Å². The van der Waals surface area contributed by atoms with Crippen molar-refractivity contribution in [2.75, 3.05) is 13.7 Å². The minimum atomic E-state index is -0.0833. The highest BCUT2D eigenvalue weighted by atomic mass is 16.5. The van der Waals surface area contributed by atoms with E-state index < -0.39 is 0 Å². The van der Waals surface area contributed by atoms with Gasteiger partial charge in [-0.05, 0) is 24.5 Å². The molecule has 1 aromatic rings. The number of carbonyl (C=O) groups excluding carboxylic acids is 1. The SMILES string of the molecule is C=C1CCN(C=O)C(Cc2ccccc2OC)C1(C)C. The number of rotatable bonds is 4. The molecule has 3 nitrogen and oxygen atoms in total. The molecule has 1 aliphatic rings. The van der Waals surface area contributed by atoms with E-state index in [2.05, 4.69) is 26.5 Å². The number of hydrogen-bond donors (Lipinski definition) is 0.